The minimum atomic E-state index is 0.899. The highest BCUT2D eigenvalue weighted by atomic mass is 16.3. The largest absolute Gasteiger partial charge is 0.454 e. The Labute approximate surface area is 293 Å². The van der Waals surface area contributed by atoms with E-state index in [9.17, 15) is 0 Å². The molecule has 0 atom stereocenters. The molecule has 0 amide bonds. The summed E-state index contributed by atoms with van der Waals surface area (Å²) in [7, 11) is 0. The van der Waals surface area contributed by atoms with Crippen LogP contribution in [0.5, 0.6) is 0 Å². The summed E-state index contributed by atoms with van der Waals surface area (Å²) in [6.07, 6.45) is 0. The fourth-order valence-corrected chi connectivity index (χ4v) is 8.01. The first-order valence-corrected chi connectivity index (χ1v) is 17.3. The average Bonchev–Trinajstić information content (AvgIpc) is 3.85. The maximum absolute atomic E-state index is 6.66. The van der Waals surface area contributed by atoms with Gasteiger partial charge in [-0.15, -0.1) is 0 Å². The predicted octanol–water partition coefficient (Wildman–Crippen LogP) is 12.5. The highest BCUT2D eigenvalue weighted by Crippen LogP contribution is 2.44. The summed E-state index contributed by atoms with van der Waals surface area (Å²) in [5.41, 5.74) is 12.6. The molecule has 0 saturated carbocycles. The van der Waals surface area contributed by atoms with Crippen molar-refractivity contribution in [3.05, 3.63) is 176 Å². The van der Waals surface area contributed by atoms with Crippen LogP contribution in [0.2, 0.25) is 0 Å². The number of furan rings is 1. The Morgan fingerprint density at radius 1 is 0.373 bits per heavy atom. The van der Waals surface area contributed by atoms with Gasteiger partial charge in [0.1, 0.15) is 5.58 Å². The quantitative estimate of drug-likeness (QED) is 0.190. The lowest BCUT2D eigenvalue weighted by Gasteiger charge is -2.10. The van der Waals surface area contributed by atoms with Gasteiger partial charge in [-0.1, -0.05) is 109 Å². The molecule has 0 fully saturated rings. The van der Waals surface area contributed by atoms with Crippen LogP contribution in [0.3, 0.4) is 0 Å². The van der Waals surface area contributed by atoms with E-state index in [-0.39, 0.29) is 0 Å². The van der Waals surface area contributed by atoms with E-state index >= 15 is 0 Å². The predicted molar refractivity (Wildman–Crippen MR) is 211 cm³/mol. The molecule has 4 aromatic heterocycles. The molecule has 7 aromatic carbocycles. The summed E-state index contributed by atoms with van der Waals surface area (Å²) in [6, 6.07) is 62.3. The molecule has 0 aliphatic heterocycles. The maximum atomic E-state index is 6.66. The van der Waals surface area contributed by atoms with Crippen molar-refractivity contribution in [2.75, 3.05) is 0 Å². The molecule has 51 heavy (non-hydrogen) atoms. The smallest absolute Gasteiger partial charge is 0.160 e. The highest BCUT2D eigenvalue weighted by molar-refractivity contribution is 6.24. The minimum absolute atomic E-state index is 0.899. The number of fused-ring (bicyclic) bond motifs is 10. The molecular formula is C47H29N3O. The van der Waals surface area contributed by atoms with Crippen molar-refractivity contribution >= 4 is 65.6 Å². The summed E-state index contributed by atoms with van der Waals surface area (Å²) >= 11 is 0. The monoisotopic (exact) mass is 651 g/mol. The Morgan fingerprint density at radius 2 is 0.961 bits per heavy atom. The maximum Gasteiger partial charge on any atom is 0.160 e. The lowest BCUT2D eigenvalue weighted by molar-refractivity contribution is 0.671. The molecule has 0 aliphatic rings. The average molecular weight is 652 g/mol. The second-order valence-corrected chi connectivity index (χ2v) is 13.2. The van der Waals surface area contributed by atoms with Crippen LogP contribution in [0.1, 0.15) is 0 Å². The fraction of sp³-hybridized carbons (Fsp3) is 0. The zero-order chi connectivity index (χ0) is 33.5. The lowest BCUT2D eigenvalue weighted by Crippen LogP contribution is -1.96. The van der Waals surface area contributed by atoms with Crippen LogP contribution < -0.4 is 0 Å². The van der Waals surface area contributed by atoms with Crippen LogP contribution >= 0.6 is 0 Å². The van der Waals surface area contributed by atoms with Crippen LogP contribution in [-0.4, -0.2) is 14.1 Å². The summed E-state index contributed by atoms with van der Waals surface area (Å²) in [4.78, 5) is 5.11. The molecular weight excluding hydrogens is 623 g/mol. The van der Waals surface area contributed by atoms with Crippen LogP contribution in [-0.2, 0) is 0 Å². The van der Waals surface area contributed by atoms with Gasteiger partial charge >= 0.3 is 0 Å². The zero-order valence-electron chi connectivity index (χ0n) is 27.5. The van der Waals surface area contributed by atoms with Crippen molar-refractivity contribution < 1.29 is 4.42 Å². The van der Waals surface area contributed by atoms with Gasteiger partial charge in [-0.2, -0.15) is 0 Å². The number of benzene rings is 7. The van der Waals surface area contributed by atoms with E-state index in [1.807, 2.05) is 12.1 Å². The van der Waals surface area contributed by atoms with Crippen LogP contribution in [0.25, 0.3) is 99.4 Å². The third-order valence-corrected chi connectivity index (χ3v) is 10.3. The summed E-state index contributed by atoms with van der Waals surface area (Å²) in [5, 5.41) is 7.02. The molecule has 11 rings (SSSR count). The topological polar surface area (TPSA) is 35.9 Å². The van der Waals surface area contributed by atoms with E-state index in [2.05, 4.69) is 173 Å². The van der Waals surface area contributed by atoms with Crippen LogP contribution in [0, 0.1) is 0 Å². The Kier molecular flexibility index (Phi) is 5.92. The van der Waals surface area contributed by atoms with Gasteiger partial charge in [-0.25, -0.2) is 4.98 Å². The zero-order valence-corrected chi connectivity index (χ0v) is 27.5. The van der Waals surface area contributed by atoms with Crippen LogP contribution in [0.15, 0.2) is 180 Å². The van der Waals surface area contributed by atoms with Crippen molar-refractivity contribution in [1.82, 2.24) is 14.1 Å². The molecule has 238 valence electrons. The van der Waals surface area contributed by atoms with Gasteiger partial charge in [-0.3, -0.25) is 0 Å². The molecule has 0 unspecified atom stereocenters. The van der Waals surface area contributed by atoms with Crippen molar-refractivity contribution in [3.8, 4) is 33.9 Å². The van der Waals surface area contributed by atoms with Gasteiger partial charge in [0.2, 0.25) is 0 Å². The Hall–Kier alpha value is -6.91. The second-order valence-electron chi connectivity index (χ2n) is 13.2. The summed E-state index contributed by atoms with van der Waals surface area (Å²) in [5.74, 6) is 0. The van der Waals surface area contributed by atoms with Crippen LogP contribution in [0.4, 0.5) is 0 Å². The molecule has 4 heterocycles. The Balaban J connectivity index is 1.24. The molecule has 0 spiro atoms. The third kappa shape index (κ3) is 4.17. The fourth-order valence-electron chi connectivity index (χ4n) is 8.01. The van der Waals surface area contributed by atoms with E-state index < -0.39 is 0 Å². The van der Waals surface area contributed by atoms with E-state index in [4.69, 9.17) is 9.40 Å². The molecule has 4 nitrogen and oxygen atoms in total. The van der Waals surface area contributed by atoms with Gasteiger partial charge in [0.05, 0.1) is 33.5 Å². The molecule has 4 heteroatoms. The Bertz CT molecular complexity index is 3120. The molecule has 0 radical (unpaired) electrons. The SMILES string of the molecule is c1ccc(-c2cccc(-c3ccc4c5cc6c7ccc8c9ccccc9oc8c7n(-c7ccccc7)c6cc5n(-c5ccccc5)c4c3)n2)cc1. The van der Waals surface area contributed by atoms with Crippen molar-refractivity contribution in [2.24, 2.45) is 0 Å². The molecule has 0 saturated heterocycles. The number of pyridine rings is 1. The normalized spacial score (nSPS) is 11.9. The first-order chi connectivity index (χ1) is 25.3. The standard InChI is InChI=1S/C47H29N3O/c1-4-13-30(14-5-1)40-20-12-21-41(48-40)31-23-24-34-38-28-39-36-25-26-37-35-19-10-11-22-45(35)51-47(37)46(36)50(33-17-8-3-9-18-33)44(39)29-43(38)49(42(34)27-31)32-15-6-2-7-16-32/h1-29H. The lowest BCUT2D eigenvalue weighted by atomic mass is 10.0. The number of rotatable bonds is 4. The van der Waals surface area contributed by atoms with Crippen molar-refractivity contribution in [3.63, 3.8) is 0 Å². The van der Waals surface area contributed by atoms with E-state index in [0.29, 0.717) is 0 Å². The second kappa shape index (κ2) is 10.8. The minimum Gasteiger partial charge on any atom is -0.454 e. The molecule has 0 bridgehead atoms. The summed E-state index contributed by atoms with van der Waals surface area (Å²) in [6.45, 7) is 0. The van der Waals surface area contributed by atoms with Gasteiger partial charge in [0, 0.05) is 54.8 Å². The Morgan fingerprint density at radius 3 is 1.75 bits per heavy atom. The van der Waals surface area contributed by atoms with Gasteiger partial charge in [0.15, 0.2) is 5.58 Å². The number of para-hydroxylation sites is 3. The summed E-state index contributed by atoms with van der Waals surface area (Å²) < 4.78 is 11.4. The van der Waals surface area contributed by atoms with E-state index in [1.54, 1.807) is 0 Å². The molecule has 11 aromatic rings. The number of aromatic nitrogens is 3. The number of hydrogen-bond donors (Lipinski definition) is 0. The van der Waals surface area contributed by atoms with E-state index in [1.165, 1.54) is 21.5 Å². The highest BCUT2D eigenvalue weighted by Gasteiger charge is 2.22. The van der Waals surface area contributed by atoms with E-state index in [0.717, 1.165) is 77.9 Å². The number of hydrogen-bond acceptors (Lipinski definition) is 2. The van der Waals surface area contributed by atoms with Gasteiger partial charge < -0.3 is 13.6 Å². The van der Waals surface area contributed by atoms with Gasteiger partial charge in [0.25, 0.3) is 0 Å². The van der Waals surface area contributed by atoms with Gasteiger partial charge in [-0.05, 0) is 66.7 Å². The van der Waals surface area contributed by atoms with Crippen molar-refractivity contribution in [1.29, 1.82) is 0 Å². The third-order valence-electron chi connectivity index (χ3n) is 10.3. The first-order valence-electron chi connectivity index (χ1n) is 17.3. The first kappa shape index (κ1) is 28.0. The van der Waals surface area contributed by atoms with Crippen molar-refractivity contribution in [2.45, 2.75) is 0 Å². The molecule has 0 aliphatic carbocycles. The number of nitrogens with zero attached hydrogens (tertiary/aromatic N) is 3. The molecule has 0 N–H and O–H groups in total.